The van der Waals surface area contributed by atoms with Gasteiger partial charge in [0.1, 0.15) is 16.4 Å². The van der Waals surface area contributed by atoms with Crippen LogP contribution in [0.5, 0.6) is 5.75 Å². The molecule has 3 rings (SSSR count). The summed E-state index contributed by atoms with van der Waals surface area (Å²) in [6, 6.07) is 7.36. The summed E-state index contributed by atoms with van der Waals surface area (Å²) in [6.07, 6.45) is 0. The molecule has 6 nitrogen and oxygen atoms in total. The lowest BCUT2D eigenvalue weighted by Gasteiger charge is -2.14. The third kappa shape index (κ3) is 4.39. The topological polar surface area (TPSA) is 84.1 Å². The SMILES string of the molecule is CCOc1ccccc1NC(=O)C(C)SCc1nc2sc(C)c(C)c2c(=O)[nH]1. The van der Waals surface area contributed by atoms with Gasteiger partial charge in [0.2, 0.25) is 5.91 Å². The van der Waals surface area contributed by atoms with Crippen LogP contribution in [-0.4, -0.2) is 27.7 Å². The molecule has 0 spiro atoms. The van der Waals surface area contributed by atoms with Crippen molar-refractivity contribution in [2.75, 3.05) is 11.9 Å². The molecule has 0 aliphatic carbocycles. The number of aryl methyl sites for hydroxylation is 2. The first kappa shape index (κ1) is 20.4. The molecular formula is C20H23N3O3S2. The van der Waals surface area contributed by atoms with E-state index in [2.05, 4.69) is 15.3 Å². The second kappa shape index (κ2) is 8.79. The first-order valence-electron chi connectivity index (χ1n) is 9.03. The summed E-state index contributed by atoms with van der Waals surface area (Å²) in [5.41, 5.74) is 1.51. The van der Waals surface area contributed by atoms with Gasteiger partial charge in [-0.2, -0.15) is 0 Å². The van der Waals surface area contributed by atoms with Gasteiger partial charge in [0, 0.05) is 4.88 Å². The number of hydrogen-bond donors (Lipinski definition) is 2. The molecule has 0 fully saturated rings. The van der Waals surface area contributed by atoms with Crippen molar-refractivity contribution < 1.29 is 9.53 Å². The van der Waals surface area contributed by atoms with E-state index >= 15 is 0 Å². The maximum atomic E-state index is 12.5. The van der Waals surface area contributed by atoms with Crippen molar-refractivity contribution in [1.29, 1.82) is 0 Å². The van der Waals surface area contributed by atoms with Crippen molar-refractivity contribution in [2.24, 2.45) is 0 Å². The van der Waals surface area contributed by atoms with Crippen LogP contribution in [0.2, 0.25) is 0 Å². The van der Waals surface area contributed by atoms with E-state index in [0.717, 1.165) is 15.3 Å². The average molecular weight is 418 g/mol. The predicted molar refractivity (Wildman–Crippen MR) is 117 cm³/mol. The number of ether oxygens (including phenoxy) is 1. The molecular weight excluding hydrogens is 394 g/mol. The van der Waals surface area contributed by atoms with Gasteiger partial charge in [-0.3, -0.25) is 9.59 Å². The van der Waals surface area contributed by atoms with Gasteiger partial charge in [0.05, 0.1) is 28.7 Å². The second-order valence-electron chi connectivity index (χ2n) is 6.35. The Balaban J connectivity index is 1.67. The summed E-state index contributed by atoms with van der Waals surface area (Å²) in [6.45, 7) is 8.19. The van der Waals surface area contributed by atoms with Gasteiger partial charge in [-0.25, -0.2) is 4.98 Å². The molecule has 0 aliphatic heterocycles. The minimum atomic E-state index is -0.317. The summed E-state index contributed by atoms with van der Waals surface area (Å²) in [4.78, 5) is 34.1. The van der Waals surface area contributed by atoms with E-state index in [4.69, 9.17) is 4.74 Å². The Morgan fingerprint density at radius 2 is 2.11 bits per heavy atom. The summed E-state index contributed by atoms with van der Waals surface area (Å²) >= 11 is 2.95. The molecule has 1 amide bonds. The largest absolute Gasteiger partial charge is 0.492 e. The maximum absolute atomic E-state index is 12.5. The maximum Gasteiger partial charge on any atom is 0.259 e. The summed E-state index contributed by atoms with van der Waals surface area (Å²) in [5, 5.41) is 3.25. The van der Waals surface area contributed by atoms with Gasteiger partial charge in [0.15, 0.2) is 0 Å². The minimum absolute atomic E-state index is 0.120. The van der Waals surface area contributed by atoms with Crippen molar-refractivity contribution >= 4 is 44.9 Å². The standard InChI is InChI=1S/C20H23N3O3S2/c1-5-26-15-9-7-6-8-14(15)21-18(24)13(4)27-10-16-22-19(25)17-11(2)12(3)28-20(17)23-16/h6-9,13H,5,10H2,1-4H3,(H,21,24)(H,22,23,25). The van der Waals surface area contributed by atoms with Gasteiger partial charge in [-0.15, -0.1) is 23.1 Å². The fourth-order valence-electron chi connectivity index (χ4n) is 2.73. The third-order valence-electron chi connectivity index (χ3n) is 4.37. The van der Waals surface area contributed by atoms with Crippen LogP contribution in [0.15, 0.2) is 29.1 Å². The molecule has 8 heteroatoms. The van der Waals surface area contributed by atoms with Gasteiger partial charge in [0.25, 0.3) is 5.56 Å². The number of anilines is 1. The third-order valence-corrected chi connectivity index (χ3v) is 6.63. The Bertz CT molecular complexity index is 1060. The lowest BCUT2D eigenvalue weighted by atomic mass is 10.2. The van der Waals surface area contributed by atoms with Crippen LogP contribution < -0.4 is 15.6 Å². The number of aromatic amines is 1. The zero-order valence-electron chi connectivity index (χ0n) is 16.3. The molecule has 0 saturated heterocycles. The van der Waals surface area contributed by atoms with Crippen molar-refractivity contribution in [3.05, 3.63) is 50.9 Å². The molecule has 0 bridgehead atoms. The lowest BCUT2D eigenvalue weighted by molar-refractivity contribution is -0.115. The molecule has 0 saturated carbocycles. The number of thiophene rings is 1. The van der Waals surface area contributed by atoms with Crippen LogP contribution in [0.1, 0.15) is 30.1 Å². The number of thioether (sulfide) groups is 1. The Kier molecular flexibility index (Phi) is 6.41. The van der Waals surface area contributed by atoms with E-state index in [-0.39, 0.29) is 16.7 Å². The molecule has 2 N–H and O–H groups in total. The highest BCUT2D eigenvalue weighted by Crippen LogP contribution is 2.27. The van der Waals surface area contributed by atoms with Crippen LogP contribution in [-0.2, 0) is 10.5 Å². The fourth-order valence-corrected chi connectivity index (χ4v) is 4.54. The van der Waals surface area contributed by atoms with E-state index in [1.165, 1.54) is 23.1 Å². The number of nitrogens with one attached hydrogen (secondary N) is 2. The number of H-pyrrole nitrogens is 1. The predicted octanol–water partition coefficient (Wildman–Crippen LogP) is 4.26. The van der Waals surface area contributed by atoms with E-state index in [0.29, 0.717) is 35.0 Å². The molecule has 0 aliphatic rings. The van der Waals surface area contributed by atoms with Gasteiger partial charge >= 0.3 is 0 Å². The number of nitrogens with zero attached hydrogens (tertiary/aromatic N) is 1. The van der Waals surface area contributed by atoms with Crippen molar-refractivity contribution in [2.45, 2.75) is 38.7 Å². The van der Waals surface area contributed by atoms with E-state index in [1.54, 1.807) is 0 Å². The van der Waals surface area contributed by atoms with Gasteiger partial charge < -0.3 is 15.0 Å². The first-order chi connectivity index (χ1) is 13.4. The van der Waals surface area contributed by atoms with Crippen molar-refractivity contribution in [3.8, 4) is 5.75 Å². The number of fused-ring (bicyclic) bond motifs is 1. The fraction of sp³-hybridized carbons (Fsp3) is 0.350. The Hall–Kier alpha value is -2.32. The summed E-state index contributed by atoms with van der Waals surface area (Å²) in [5.74, 6) is 1.56. The number of benzene rings is 1. The quantitative estimate of drug-likeness (QED) is 0.600. The Labute approximate surface area is 171 Å². The molecule has 0 radical (unpaired) electrons. The van der Waals surface area contributed by atoms with Crippen LogP contribution in [0.3, 0.4) is 0 Å². The van der Waals surface area contributed by atoms with E-state index < -0.39 is 0 Å². The van der Waals surface area contributed by atoms with Gasteiger partial charge in [-0.1, -0.05) is 12.1 Å². The highest BCUT2D eigenvalue weighted by molar-refractivity contribution is 7.99. The normalized spacial score (nSPS) is 12.1. The Morgan fingerprint density at radius 3 is 2.86 bits per heavy atom. The number of rotatable bonds is 7. The van der Waals surface area contributed by atoms with Crippen LogP contribution in [0, 0.1) is 13.8 Å². The number of carbonyl (C=O) groups is 1. The lowest BCUT2D eigenvalue weighted by Crippen LogP contribution is -2.23. The van der Waals surface area contributed by atoms with Crippen LogP contribution in [0.25, 0.3) is 10.2 Å². The zero-order chi connectivity index (χ0) is 20.3. The van der Waals surface area contributed by atoms with Crippen molar-refractivity contribution in [1.82, 2.24) is 9.97 Å². The van der Waals surface area contributed by atoms with E-state index in [1.807, 2.05) is 52.0 Å². The Morgan fingerprint density at radius 1 is 1.36 bits per heavy atom. The number of carbonyl (C=O) groups excluding carboxylic acids is 1. The average Bonchev–Trinajstić information content (AvgIpc) is 2.95. The molecule has 1 aromatic carbocycles. The smallest absolute Gasteiger partial charge is 0.259 e. The number of para-hydroxylation sites is 2. The number of aromatic nitrogens is 2. The zero-order valence-corrected chi connectivity index (χ0v) is 17.9. The molecule has 2 heterocycles. The molecule has 28 heavy (non-hydrogen) atoms. The molecule has 1 unspecified atom stereocenters. The second-order valence-corrected chi connectivity index (χ2v) is 8.88. The monoisotopic (exact) mass is 417 g/mol. The number of amides is 1. The first-order valence-corrected chi connectivity index (χ1v) is 10.9. The van der Waals surface area contributed by atoms with Crippen LogP contribution in [0.4, 0.5) is 5.69 Å². The van der Waals surface area contributed by atoms with Crippen LogP contribution >= 0.6 is 23.1 Å². The minimum Gasteiger partial charge on any atom is -0.492 e. The molecule has 3 aromatic rings. The highest BCUT2D eigenvalue weighted by atomic mass is 32.2. The number of hydrogen-bond acceptors (Lipinski definition) is 6. The van der Waals surface area contributed by atoms with Gasteiger partial charge in [-0.05, 0) is 45.4 Å². The molecule has 148 valence electrons. The van der Waals surface area contributed by atoms with E-state index in [9.17, 15) is 9.59 Å². The molecule has 1 atom stereocenters. The molecule has 2 aromatic heterocycles. The summed E-state index contributed by atoms with van der Waals surface area (Å²) < 4.78 is 5.54. The highest BCUT2D eigenvalue weighted by Gasteiger charge is 2.17. The summed E-state index contributed by atoms with van der Waals surface area (Å²) in [7, 11) is 0. The van der Waals surface area contributed by atoms with Crippen molar-refractivity contribution in [3.63, 3.8) is 0 Å².